The zero-order chi connectivity index (χ0) is 19.7. The lowest BCUT2D eigenvalue weighted by atomic mass is 9.72. The summed E-state index contributed by atoms with van der Waals surface area (Å²) in [5.74, 6) is 1.11. The Morgan fingerprint density at radius 1 is 1.32 bits per heavy atom. The van der Waals surface area contributed by atoms with Gasteiger partial charge in [0.05, 0.1) is 11.7 Å². The molecule has 0 unspecified atom stereocenters. The highest BCUT2D eigenvalue weighted by Gasteiger charge is 2.42. The average Bonchev–Trinajstić information content (AvgIpc) is 3.20. The maximum atomic E-state index is 12.5. The lowest BCUT2D eigenvalue weighted by molar-refractivity contribution is -0.140. The number of amides is 1. The van der Waals surface area contributed by atoms with Gasteiger partial charge in [0.2, 0.25) is 5.91 Å². The van der Waals surface area contributed by atoms with E-state index < -0.39 is 0 Å². The summed E-state index contributed by atoms with van der Waals surface area (Å²) in [4.78, 5) is 21.5. The van der Waals surface area contributed by atoms with E-state index in [1.807, 2.05) is 19.9 Å². The van der Waals surface area contributed by atoms with Crippen molar-refractivity contribution in [3.63, 3.8) is 0 Å². The van der Waals surface area contributed by atoms with Crippen molar-refractivity contribution >= 4 is 11.7 Å². The number of carbonyl (C=O) groups excluding carboxylic acids is 1. The molecule has 1 atom stereocenters. The van der Waals surface area contributed by atoms with Crippen LogP contribution in [-0.2, 0) is 9.53 Å². The van der Waals surface area contributed by atoms with Gasteiger partial charge in [-0.2, -0.15) is 5.26 Å². The Labute approximate surface area is 167 Å². The Balaban J connectivity index is 1.44. The van der Waals surface area contributed by atoms with Gasteiger partial charge in [-0.05, 0) is 63.0 Å². The van der Waals surface area contributed by atoms with Gasteiger partial charge in [-0.1, -0.05) is 0 Å². The molecule has 0 radical (unpaired) electrons. The fourth-order valence-corrected chi connectivity index (χ4v) is 4.92. The molecule has 6 heteroatoms. The Hall–Kier alpha value is -2.13. The van der Waals surface area contributed by atoms with Crippen molar-refractivity contribution in [3.05, 3.63) is 22.9 Å². The minimum Gasteiger partial charge on any atom is -0.376 e. The largest absolute Gasteiger partial charge is 0.376 e. The van der Waals surface area contributed by atoms with Crippen LogP contribution < -0.4 is 4.90 Å². The molecule has 28 heavy (non-hydrogen) atoms. The van der Waals surface area contributed by atoms with E-state index in [4.69, 9.17) is 9.72 Å². The van der Waals surface area contributed by atoms with Crippen LogP contribution in [0.2, 0.25) is 0 Å². The summed E-state index contributed by atoms with van der Waals surface area (Å²) in [6, 6.07) is 4.26. The van der Waals surface area contributed by atoms with Crippen LogP contribution in [0.15, 0.2) is 6.07 Å². The van der Waals surface area contributed by atoms with Crippen molar-refractivity contribution < 1.29 is 9.53 Å². The van der Waals surface area contributed by atoms with E-state index in [1.165, 1.54) is 0 Å². The number of pyridine rings is 1. The van der Waals surface area contributed by atoms with Gasteiger partial charge in [0.1, 0.15) is 11.9 Å². The zero-order valence-electron chi connectivity index (χ0n) is 17.0. The smallest absolute Gasteiger partial charge is 0.222 e. The SMILES string of the molecule is Cc1cc(C#N)c(N2CCC3(CCC(=O)N(C[C@@H]4CCCO4)C3)CC2)nc1C. The molecule has 0 bridgehead atoms. The van der Waals surface area contributed by atoms with Gasteiger partial charge >= 0.3 is 0 Å². The quantitative estimate of drug-likeness (QED) is 0.804. The van der Waals surface area contributed by atoms with Crippen LogP contribution in [0.5, 0.6) is 0 Å². The number of hydrogen-bond donors (Lipinski definition) is 0. The lowest BCUT2D eigenvalue weighted by Crippen LogP contribution is -2.53. The lowest BCUT2D eigenvalue weighted by Gasteiger charge is -2.48. The second-order valence-corrected chi connectivity index (χ2v) is 8.77. The molecule has 3 aliphatic rings. The third-order valence-corrected chi connectivity index (χ3v) is 6.89. The van der Waals surface area contributed by atoms with Gasteiger partial charge in [-0.25, -0.2) is 4.98 Å². The zero-order valence-corrected chi connectivity index (χ0v) is 17.0. The molecular weight excluding hydrogens is 352 g/mol. The van der Waals surface area contributed by atoms with Gasteiger partial charge < -0.3 is 14.5 Å². The van der Waals surface area contributed by atoms with Crippen LogP contribution in [0.4, 0.5) is 5.82 Å². The van der Waals surface area contributed by atoms with Crippen LogP contribution in [0, 0.1) is 30.6 Å². The van der Waals surface area contributed by atoms with Gasteiger partial charge in [0, 0.05) is 44.9 Å². The van der Waals surface area contributed by atoms with Crippen LogP contribution in [-0.4, -0.2) is 54.7 Å². The number of nitrogens with zero attached hydrogens (tertiary/aromatic N) is 4. The molecule has 0 N–H and O–H groups in total. The number of likely N-dealkylation sites (tertiary alicyclic amines) is 1. The highest BCUT2D eigenvalue weighted by atomic mass is 16.5. The van der Waals surface area contributed by atoms with Crippen LogP contribution in [0.1, 0.15) is 55.3 Å². The standard InChI is InChI=1S/C22H30N4O2/c1-16-12-18(13-23)21(24-17(16)2)25-9-7-22(8-10-25)6-5-20(27)26(15-22)14-19-4-3-11-28-19/h12,19H,3-11,14-15H2,1-2H3/t19-/m0/s1. The van der Waals surface area contributed by atoms with Crippen LogP contribution >= 0.6 is 0 Å². The van der Waals surface area contributed by atoms with E-state index in [1.54, 1.807) is 0 Å². The minimum absolute atomic E-state index is 0.204. The van der Waals surface area contributed by atoms with Crippen LogP contribution in [0.25, 0.3) is 0 Å². The molecule has 4 heterocycles. The molecule has 4 rings (SSSR count). The second kappa shape index (κ2) is 7.71. The number of aryl methyl sites for hydroxylation is 2. The average molecular weight is 383 g/mol. The predicted octanol–water partition coefficient (Wildman–Crippen LogP) is 2.96. The first kappa shape index (κ1) is 19.2. The third-order valence-electron chi connectivity index (χ3n) is 6.89. The number of nitriles is 1. The summed E-state index contributed by atoms with van der Waals surface area (Å²) in [6.07, 6.45) is 6.11. The third kappa shape index (κ3) is 3.73. The Bertz CT molecular complexity index is 786. The van der Waals surface area contributed by atoms with E-state index in [9.17, 15) is 10.1 Å². The fraction of sp³-hybridized carbons (Fsp3) is 0.682. The molecule has 3 fully saturated rings. The highest BCUT2D eigenvalue weighted by molar-refractivity contribution is 5.77. The Morgan fingerprint density at radius 3 is 2.79 bits per heavy atom. The van der Waals surface area contributed by atoms with Gasteiger partial charge in [-0.15, -0.1) is 0 Å². The number of piperidine rings is 2. The van der Waals surface area contributed by atoms with Crippen molar-refractivity contribution in [3.8, 4) is 6.07 Å². The van der Waals surface area contributed by atoms with Crippen molar-refractivity contribution in [2.45, 2.75) is 58.5 Å². The molecule has 3 saturated heterocycles. The number of anilines is 1. The summed E-state index contributed by atoms with van der Waals surface area (Å²) < 4.78 is 5.76. The van der Waals surface area contributed by atoms with Crippen molar-refractivity contribution in [1.82, 2.24) is 9.88 Å². The molecule has 1 aromatic rings. The van der Waals surface area contributed by atoms with Crippen molar-refractivity contribution in [1.29, 1.82) is 5.26 Å². The number of aromatic nitrogens is 1. The first-order valence-electron chi connectivity index (χ1n) is 10.5. The van der Waals surface area contributed by atoms with E-state index in [0.717, 1.165) is 82.0 Å². The Kier molecular flexibility index (Phi) is 5.29. The van der Waals surface area contributed by atoms with E-state index in [-0.39, 0.29) is 17.4 Å². The first-order valence-corrected chi connectivity index (χ1v) is 10.5. The molecule has 0 aromatic carbocycles. The molecule has 0 saturated carbocycles. The minimum atomic E-state index is 0.204. The fourth-order valence-electron chi connectivity index (χ4n) is 4.92. The van der Waals surface area contributed by atoms with E-state index >= 15 is 0 Å². The number of hydrogen-bond acceptors (Lipinski definition) is 5. The van der Waals surface area contributed by atoms with E-state index in [0.29, 0.717) is 12.0 Å². The van der Waals surface area contributed by atoms with Gasteiger partial charge in [-0.3, -0.25) is 4.79 Å². The topological polar surface area (TPSA) is 69.5 Å². The second-order valence-electron chi connectivity index (χ2n) is 8.77. The summed E-state index contributed by atoms with van der Waals surface area (Å²) in [6.45, 7) is 8.23. The highest BCUT2D eigenvalue weighted by Crippen LogP contribution is 2.41. The van der Waals surface area contributed by atoms with Gasteiger partial charge in [0.15, 0.2) is 0 Å². The van der Waals surface area contributed by atoms with Crippen molar-refractivity contribution in [2.75, 3.05) is 37.7 Å². The number of ether oxygens (including phenoxy) is 1. The van der Waals surface area contributed by atoms with E-state index in [2.05, 4.69) is 15.9 Å². The number of carbonyl (C=O) groups is 1. The maximum absolute atomic E-state index is 12.5. The molecule has 3 aliphatic heterocycles. The summed E-state index contributed by atoms with van der Waals surface area (Å²) in [7, 11) is 0. The Morgan fingerprint density at radius 2 is 2.11 bits per heavy atom. The van der Waals surface area contributed by atoms with Crippen LogP contribution in [0.3, 0.4) is 0 Å². The molecule has 1 spiro atoms. The predicted molar refractivity (Wildman–Crippen MR) is 107 cm³/mol. The van der Waals surface area contributed by atoms with Crippen molar-refractivity contribution in [2.24, 2.45) is 5.41 Å². The first-order chi connectivity index (χ1) is 13.5. The molecule has 1 aromatic heterocycles. The maximum Gasteiger partial charge on any atom is 0.222 e. The molecular formula is C22H30N4O2. The monoisotopic (exact) mass is 382 g/mol. The summed E-state index contributed by atoms with van der Waals surface area (Å²) in [5.41, 5.74) is 2.91. The number of rotatable bonds is 3. The normalized spacial score (nSPS) is 24.6. The summed E-state index contributed by atoms with van der Waals surface area (Å²) in [5, 5.41) is 9.53. The van der Waals surface area contributed by atoms with Gasteiger partial charge in [0.25, 0.3) is 0 Å². The molecule has 0 aliphatic carbocycles. The molecule has 6 nitrogen and oxygen atoms in total. The molecule has 1 amide bonds. The summed E-state index contributed by atoms with van der Waals surface area (Å²) >= 11 is 0. The molecule has 150 valence electrons.